The summed E-state index contributed by atoms with van der Waals surface area (Å²) in [6.45, 7) is 0.483. The second-order valence-corrected chi connectivity index (χ2v) is 6.74. The highest BCUT2D eigenvalue weighted by Gasteiger charge is 2.33. The van der Waals surface area contributed by atoms with Gasteiger partial charge in [-0.3, -0.25) is 0 Å². The second-order valence-electron chi connectivity index (χ2n) is 5.08. The monoisotopic (exact) mass is 426 g/mol. The zero-order valence-electron chi connectivity index (χ0n) is 12.6. The number of benzene rings is 2. The fourth-order valence-electron chi connectivity index (χ4n) is 1.99. The molecule has 0 heterocycles. The van der Waals surface area contributed by atoms with Crippen molar-refractivity contribution in [3.63, 3.8) is 0 Å². The Kier molecular flexibility index (Phi) is 6.79. The first-order chi connectivity index (χ1) is 11.7. The van der Waals surface area contributed by atoms with Crippen molar-refractivity contribution in [1.29, 1.82) is 0 Å². The number of rotatable bonds is 4. The summed E-state index contributed by atoms with van der Waals surface area (Å²) in [6.07, 6.45) is -4.50. The van der Waals surface area contributed by atoms with Gasteiger partial charge in [0, 0.05) is 23.1 Å². The van der Waals surface area contributed by atoms with Crippen LogP contribution in [0.1, 0.15) is 16.7 Å². The third-order valence-corrected chi connectivity index (χ3v) is 4.45. The highest BCUT2D eigenvalue weighted by Crippen LogP contribution is 2.35. The lowest BCUT2D eigenvalue weighted by Crippen LogP contribution is -2.34. The summed E-state index contributed by atoms with van der Waals surface area (Å²) in [7, 11) is 0. The Bertz CT molecular complexity index is 782. The molecule has 0 atom stereocenters. The maximum absolute atomic E-state index is 12.8. The summed E-state index contributed by atoms with van der Waals surface area (Å²) >= 11 is 22.6. The molecule has 0 saturated heterocycles. The second kappa shape index (κ2) is 8.45. The van der Waals surface area contributed by atoms with Crippen LogP contribution in [-0.2, 0) is 19.3 Å². The fourth-order valence-corrected chi connectivity index (χ4v) is 2.83. The summed E-state index contributed by atoms with van der Waals surface area (Å²) in [5.41, 5.74) is 0.326. The van der Waals surface area contributed by atoms with Crippen LogP contribution in [0.2, 0.25) is 15.1 Å². The number of alkyl halides is 3. The van der Waals surface area contributed by atoms with E-state index in [9.17, 15) is 13.2 Å². The van der Waals surface area contributed by atoms with E-state index in [4.69, 9.17) is 47.0 Å². The van der Waals surface area contributed by atoms with Crippen LogP contribution in [0, 0.1) is 0 Å². The zero-order valence-corrected chi connectivity index (χ0v) is 15.6. The lowest BCUT2D eigenvalue weighted by atomic mass is 10.1. The first-order valence-corrected chi connectivity index (χ1v) is 8.52. The minimum atomic E-state index is -4.50. The van der Waals surface area contributed by atoms with E-state index in [2.05, 4.69) is 10.6 Å². The number of thiocarbonyl (C=S) groups is 1. The Morgan fingerprint density at radius 3 is 2.24 bits per heavy atom. The molecule has 0 spiro atoms. The minimum absolute atomic E-state index is 0.125. The Labute approximate surface area is 163 Å². The van der Waals surface area contributed by atoms with Gasteiger partial charge in [-0.2, -0.15) is 13.2 Å². The molecule has 25 heavy (non-hydrogen) atoms. The normalized spacial score (nSPS) is 11.3. The third-order valence-electron chi connectivity index (χ3n) is 3.24. The summed E-state index contributed by atoms with van der Waals surface area (Å²) in [5, 5.41) is 6.74. The van der Waals surface area contributed by atoms with Crippen molar-refractivity contribution >= 4 is 52.1 Å². The van der Waals surface area contributed by atoms with E-state index < -0.39 is 11.7 Å². The molecule has 0 aliphatic rings. The van der Waals surface area contributed by atoms with Crippen LogP contribution in [0.3, 0.4) is 0 Å². The highest BCUT2D eigenvalue weighted by molar-refractivity contribution is 7.80. The molecule has 0 aromatic heterocycles. The lowest BCUT2D eigenvalue weighted by molar-refractivity contribution is -0.137. The van der Waals surface area contributed by atoms with Crippen molar-refractivity contribution in [2.24, 2.45) is 0 Å². The van der Waals surface area contributed by atoms with Crippen LogP contribution in [0.15, 0.2) is 36.4 Å². The van der Waals surface area contributed by atoms with Gasteiger partial charge in [-0.1, -0.05) is 46.9 Å². The molecule has 0 aliphatic carbocycles. The fraction of sp³-hybridized carbons (Fsp3) is 0.188. The van der Waals surface area contributed by atoms with Crippen LogP contribution < -0.4 is 10.6 Å². The van der Waals surface area contributed by atoms with Gasteiger partial charge in [0.05, 0.1) is 10.6 Å². The molecule has 0 unspecified atom stereocenters. The van der Waals surface area contributed by atoms with Gasteiger partial charge in [0.2, 0.25) is 0 Å². The van der Waals surface area contributed by atoms with E-state index in [0.717, 1.165) is 11.6 Å². The Morgan fingerprint density at radius 1 is 0.920 bits per heavy atom. The molecule has 2 aromatic carbocycles. The largest absolute Gasteiger partial charge is 0.417 e. The molecular formula is C16H12Cl3F3N2S. The smallest absolute Gasteiger partial charge is 0.359 e. The molecule has 134 valence electrons. The Morgan fingerprint density at radius 2 is 1.60 bits per heavy atom. The Balaban J connectivity index is 1.92. The third kappa shape index (κ3) is 5.92. The van der Waals surface area contributed by atoms with Crippen LogP contribution >= 0.6 is 47.0 Å². The quantitative estimate of drug-likeness (QED) is 0.600. The molecule has 9 heteroatoms. The number of nitrogens with one attached hydrogen (secondary N) is 2. The highest BCUT2D eigenvalue weighted by atomic mass is 35.5. The van der Waals surface area contributed by atoms with Gasteiger partial charge >= 0.3 is 6.18 Å². The van der Waals surface area contributed by atoms with Gasteiger partial charge < -0.3 is 10.6 Å². The molecule has 0 amide bonds. The van der Waals surface area contributed by atoms with Gasteiger partial charge in [-0.05, 0) is 47.6 Å². The predicted molar refractivity (Wildman–Crippen MR) is 99.2 cm³/mol. The topological polar surface area (TPSA) is 24.1 Å². The lowest BCUT2D eigenvalue weighted by Gasteiger charge is -2.14. The van der Waals surface area contributed by atoms with Crippen molar-refractivity contribution in [2.75, 3.05) is 0 Å². The van der Waals surface area contributed by atoms with E-state index >= 15 is 0 Å². The van der Waals surface area contributed by atoms with E-state index in [1.807, 2.05) is 0 Å². The molecule has 0 radical (unpaired) electrons. The van der Waals surface area contributed by atoms with Crippen molar-refractivity contribution in [2.45, 2.75) is 19.3 Å². The average molecular weight is 428 g/mol. The molecule has 2 N–H and O–H groups in total. The standard InChI is InChI=1S/C16H12Cl3F3N2S/c17-11-3-2-10(14(19)6-11)8-24-15(25)23-7-9-1-4-13(18)12(5-9)16(20,21)22/h1-6H,7-8H2,(H2,23,24,25). The Hall–Kier alpha value is -1.21. The summed E-state index contributed by atoms with van der Waals surface area (Å²) in [4.78, 5) is 0. The number of hydrogen-bond donors (Lipinski definition) is 2. The summed E-state index contributed by atoms with van der Waals surface area (Å²) in [5.74, 6) is 0. The van der Waals surface area contributed by atoms with Crippen LogP contribution in [-0.4, -0.2) is 5.11 Å². The van der Waals surface area contributed by atoms with E-state index in [1.165, 1.54) is 12.1 Å². The van der Waals surface area contributed by atoms with Crippen molar-refractivity contribution in [3.8, 4) is 0 Å². The van der Waals surface area contributed by atoms with Crippen LogP contribution in [0.4, 0.5) is 13.2 Å². The van der Waals surface area contributed by atoms with Gasteiger partial charge in [0.1, 0.15) is 0 Å². The van der Waals surface area contributed by atoms with Crippen molar-refractivity contribution in [1.82, 2.24) is 10.6 Å². The maximum atomic E-state index is 12.8. The maximum Gasteiger partial charge on any atom is 0.417 e. The van der Waals surface area contributed by atoms with Crippen LogP contribution in [0.25, 0.3) is 0 Å². The van der Waals surface area contributed by atoms with Crippen molar-refractivity contribution in [3.05, 3.63) is 68.2 Å². The average Bonchev–Trinajstić information content (AvgIpc) is 2.52. The van der Waals surface area contributed by atoms with Gasteiger partial charge in [0.25, 0.3) is 0 Å². The van der Waals surface area contributed by atoms with E-state index in [1.54, 1.807) is 18.2 Å². The van der Waals surface area contributed by atoms with E-state index in [0.29, 0.717) is 22.2 Å². The van der Waals surface area contributed by atoms with Gasteiger partial charge in [-0.25, -0.2) is 0 Å². The van der Waals surface area contributed by atoms with Crippen LogP contribution in [0.5, 0.6) is 0 Å². The first kappa shape index (κ1) is 20.1. The predicted octanol–water partition coefficient (Wildman–Crippen LogP) is 5.83. The first-order valence-electron chi connectivity index (χ1n) is 6.98. The molecule has 0 bridgehead atoms. The van der Waals surface area contributed by atoms with Gasteiger partial charge in [-0.15, -0.1) is 0 Å². The molecule has 0 saturated carbocycles. The van der Waals surface area contributed by atoms with Crippen molar-refractivity contribution < 1.29 is 13.2 Å². The molecule has 2 rings (SSSR count). The molecule has 2 nitrogen and oxygen atoms in total. The summed E-state index contributed by atoms with van der Waals surface area (Å²) in [6, 6.07) is 8.79. The molecule has 0 fully saturated rings. The minimum Gasteiger partial charge on any atom is -0.359 e. The number of halogens is 6. The zero-order chi connectivity index (χ0) is 18.6. The molecular weight excluding hydrogens is 416 g/mol. The van der Waals surface area contributed by atoms with E-state index in [-0.39, 0.29) is 16.7 Å². The number of hydrogen-bond acceptors (Lipinski definition) is 1. The molecule has 0 aliphatic heterocycles. The molecule has 2 aromatic rings. The summed E-state index contributed by atoms with van der Waals surface area (Å²) < 4.78 is 38.5. The van der Waals surface area contributed by atoms with Gasteiger partial charge in [0.15, 0.2) is 5.11 Å². The SMILES string of the molecule is FC(F)(F)c1cc(CNC(=S)NCc2ccc(Cl)cc2Cl)ccc1Cl.